The van der Waals surface area contributed by atoms with Crippen LogP contribution in [0.3, 0.4) is 0 Å². The molecule has 1 amide bonds. The van der Waals surface area contributed by atoms with Crippen molar-refractivity contribution in [3.05, 3.63) is 28.6 Å². The minimum Gasteiger partial charge on any atom is -0.374 e. The van der Waals surface area contributed by atoms with Crippen LogP contribution in [0.15, 0.2) is 23.0 Å². The Balaban J connectivity index is 1.63. The number of H-pyrrole nitrogens is 1. The highest BCUT2D eigenvalue weighted by Gasteiger charge is 2.37. The van der Waals surface area contributed by atoms with E-state index >= 15 is 0 Å². The minimum absolute atomic E-state index is 0.0788. The van der Waals surface area contributed by atoms with Crippen LogP contribution >= 0.6 is 11.3 Å². The third-order valence-corrected chi connectivity index (χ3v) is 5.36. The van der Waals surface area contributed by atoms with Gasteiger partial charge < -0.3 is 9.64 Å². The molecule has 2 aromatic rings. The van der Waals surface area contributed by atoms with E-state index in [9.17, 15) is 4.79 Å². The number of amides is 1. The molecule has 2 aliphatic rings. The predicted octanol–water partition coefficient (Wildman–Crippen LogP) is 2.92. The first-order chi connectivity index (χ1) is 10.8. The number of ether oxygens (including phenoxy) is 1. The summed E-state index contributed by atoms with van der Waals surface area (Å²) in [6, 6.07) is 2.23. The number of hydrogen-bond acceptors (Lipinski definition) is 4. The molecule has 2 atom stereocenters. The van der Waals surface area contributed by atoms with E-state index in [2.05, 4.69) is 10.2 Å². The number of nitrogens with one attached hydrogen (secondary N) is 1. The van der Waals surface area contributed by atoms with Gasteiger partial charge in [-0.05, 0) is 24.3 Å². The number of carbonyl (C=O) groups is 1. The van der Waals surface area contributed by atoms with E-state index in [0.29, 0.717) is 18.7 Å². The maximum absolute atomic E-state index is 13.0. The first-order valence-corrected chi connectivity index (χ1v) is 8.77. The number of nitrogens with zero attached hydrogens (tertiary/aromatic N) is 2. The summed E-state index contributed by atoms with van der Waals surface area (Å²) in [5.74, 6) is 0.0788. The zero-order valence-corrected chi connectivity index (χ0v) is 13.1. The van der Waals surface area contributed by atoms with Crippen molar-refractivity contribution in [3.8, 4) is 11.3 Å². The van der Waals surface area contributed by atoms with Crippen LogP contribution in [0.1, 0.15) is 36.0 Å². The van der Waals surface area contributed by atoms with Crippen molar-refractivity contribution in [1.82, 2.24) is 15.1 Å². The molecule has 0 aromatic carbocycles. The smallest absolute Gasteiger partial charge is 0.258 e. The van der Waals surface area contributed by atoms with Gasteiger partial charge in [0, 0.05) is 17.5 Å². The van der Waals surface area contributed by atoms with Crippen LogP contribution in [0.4, 0.5) is 0 Å². The molecular weight excluding hydrogens is 298 g/mol. The Morgan fingerprint density at radius 2 is 2.32 bits per heavy atom. The maximum atomic E-state index is 13.0. The highest BCUT2D eigenvalue weighted by molar-refractivity contribution is 7.08. The molecule has 116 valence electrons. The Kier molecular flexibility index (Phi) is 3.72. The number of fused-ring (bicyclic) bond motifs is 1. The lowest BCUT2D eigenvalue weighted by molar-refractivity contribution is -0.0752. The van der Waals surface area contributed by atoms with Gasteiger partial charge in [0.25, 0.3) is 5.91 Å². The lowest BCUT2D eigenvalue weighted by atomic mass is 9.89. The average molecular weight is 317 g/mol. The molecular formula is C16H19N3O2S. The number of aromatic nitrogens is 2. The second-order valence-electron chi connectivity index (χ2n) is 5.93. The zero-order valence-electron chi connectivity index (χ0n) is 12.3. The van der Waals surface area contributed by atoms with E-state index in [-0.39, 0.29) is 18.1 Å². The summed E-state index contributed by atoms with van der Waals surface area (Å²) in [5, 5.41) is 11.1. The highest BCUT2D eigenvalue weighted by Crippen LogP contribution is 2.31. The molecule has 0 radical (unpaired) electrons. The van der Waals surface area contributed by atoms with Crippen LogP contribution in [0.2, 0.25) is 0 Å². The molecule has 0 spiro atoms. The molecule has 2 fully saturated rings. The van der Waals surface area contributed by atoms with Gasteiger partial charge in [0.1, 0.15) is 0 Å². The van der Waals surface area contributed by atoms with Crippen molar-refractivity contribution in [3.63, 3.8) is 0 Å². The van der Waals surface area contributed by atoms with Crippen molar-refractivity contribution in [2.24, 2.45) is 0 Å². The maximum Gasteiger partial charge on any atom is 0.258 e. The van der Waals surface area contributed by atoms with Gasteiger partial charge in [-0.25, -0.2) is 0 Å². The fraction of sp³-hybridized carbons (Fsp3) is 0.500. The normalized spacial score (nSPS) is 25.0. The SMILES string of the molecule is O=C(c1cn[nH]c1-c1ccsc1)N1CCO[C@@H]2CCCC[C@@H]21. The zero-order chi connectivity index (χ0) is 14.9. The van der Waals surface area contributed by atoms with Crippen molar-refractivity contribution in [2.75, 3.05) is 13.2 Å². The summed E-state index contributed by atoms with van der Waals surface area (Å²) in [6.45, 7) is 1.31. The Labute approximate surface area is 133 Å². The van der Waals surface area contributed by atoms with Crippen molar-refractivity contribution in [2.45, 2.75) is 37.8 Å². The Bertz CT molecular complexity index is 650. The van der Waals surface area contributed by atoms with Crippen molar-refractivity contribution < 1.29 is 9.53 Å². The molecule has 1 aliphatic carbocycles. The summed E-state index contributed by atoms with van der Waals surface area (Å²) in [6.07, 6.45) is 6.36. The Morgan fingerprint density at radius 3 is 3.18 bits per heavy atom. The first kappa shape index (κ1) is 14.0. The first-order valence-electron chi connectivity index (χ1n) is 7.83. The molecule has 5 nitrogen and oxygen atoms in total. The van der Waals surface area contributed by atoms with E-state index in [4.69, 9.17) is 4.74 Å². The lowest BCUT2D eigenvalue weighted by Crippen LogP contribution is -2.54. The van der Waals surface area contributed by atoms with Gasteiger partial charge in [-0.3, -0.25) is 9.89 Å². The van der Waals surface area contributed by atoms with E-state index in [1.54, 1.807) is 17.5 Å². The minimum atomic E-state index is 0.0788. The molecule has 1 saturated heterocycles. The summed E-state index contributed by atoms with van der Waals surface area (Å²) >= 11 is 1.62. The second kappa shape index (κ2) is 5.85. The summed E-state index contributed by atoms with van der Waals surface area (Å²) < 4.78 is 5.87. The molecule has 22 heavy (non-hydrogen) atoms. The van der Waals surface area contributed by atoms with Crippen LogP contribution in [-0.2, 0) is 4.74 Å². The van der Waals surface area contributed by atoms with E-state index < -0.39 is 0 Å². The number of aromatic amines is 1. The van der Waals surface area contributed by atoms with E-state index in [0.717, 1.165) is 24.1 Å². The van der Waals surface area contributed by atoms with Crippen LogP contribution in [-0.4, -0.2) is 46.3 Å². The molecule has 6 heteroatoms. The second-order valence-corrected chi connectivity index (χ2v) is 6.71. The van der Waals surface area contributed by atoms with E-state index in [1.165, 1.54) is 12.8 Å². The van der Waals surface area contributed by atoms with Gasteiger partial charge >= 0.3 is 0 Å². The number of morpholine rings is 1. The summed E-state index contributed by atoms with van der Waals surface area (Å²) in [4.78, 5) is 15.1. The fourth-order valence-corrected chi connectivity index (χ4v) is 4.23. The molecule has 4 rings (SSSR count). The van der Waals surface area contributed by atoms with Crippen molar-refractivity contribution in [1.29, 1.82) is 0 Å². The van der Waals surface area contributed by atoms with Gasteiger partial charge in [-0.15, -0.1) is 0 Å². The van der Waals surface area contributed by atoms with E-state index in [1.807, 2.05) is 21.7 Å². The van der Waals surface area contributed by atoms with Gasteiger partial charge in [0.2, 0.25) is 0 Å². The van der Waals surface area contributed by atoms with Crippen LogP contribution < -0.4 is 0 Å². The van der Waals surface area contributed by atoms with Gasteiger partial charge in [-0.2, -0.15) is 16.4 Å². The topological polar surface area (TPSA) is 58.2 Å². The predicted molar refractivity (Wildman–Crippen MR) is 84.9 cm³/mol. The van der Waals surface area contributed by atoms with Gasteiger partial charge in [-0.1, -0.05) is 12.8 Å². The fourth-order valence-electron chi connectivity index (χ4n) is 3.58. The van der Waals surface area contributed by atoms with Crippen LogP contribution in [0.25, 0.3) is 11.3 Å². The van der Waals surface area contributed by atoms with Crippen LogP contribution in [0, 0.1) is 0 Å². The Hall–Kier alpha value is -1.66. The lowest BCUT2D eigenvalue weighted by Gasteiger charge is -2.43. The number of carbonyl (C=O) groups excluding carboxylic acids is 1. The number of rotatable bonds is 2. The largest absolute Gasteiger partial charge is 0.374 e. The highest BCUT2D eigenvalue weighted by atomic mass is 32.1. The monoisotopic (exact) mass is 317 g/mol. The Morgan fingerprint density at radius 1 is 1.41 bits per heavy atom. The quantitative estimate of drug-likeness (QED) is 0.926. The molecule has 0 unspecified atom stereocenters. The number of thiophene rings is 1. The standard InChI is InChI=1S/C16H19N3O2S/c20-16(12-9-17-18-15(12)11-5-8-22-10-11)19-6-7-21-14-4-2-1-3-13(14)19/h5,8-10,13-14H,1-4,6-7H2,(H,17,18)/t13-,14+/m0/s1. The molecule has 1 aliphatic heterocycles. The third-order valence-electron chi connectivity index (χ3n) is 4.67. The summed E-state index contributed by atoms with van der Waals surface area (Å²) in [7, 11) is 0. The number of hydrogen-bond donors (Lipinski definition) is 1. The molecule has 1 saturated carbocycles. The van der Waals surface area contributed by atoms with Crippen LogP contribution in [0.5, 0.6) is 0 Å². The van der Waals surface area contributed by atoms with Crippen molar-refractivity contribution >= 4 is 17.2 Å². The molecule has 3 heterocycles. The molecule has 1 N–H and O–H groups in total. The third kappa shape index (κ3) is 2.36. The average Bonchev–Trinajstić information content (AvgIpc) is 3.24. The summed E-state index contributed by atoms with van der Waals surface area (Å²) in [5.41, 5.74) is 2.52. The molecule has 0 bridgehead atoms. The molecule has 2 aromatic heterocycles. The van der Waals surface area contributed by atoms with Gasteiger partial charge in [0.05, 0.1) is 36.2 Å². The van der Waals surface area contributed by atoms with Gasteiger partial charge in [0.15, 0.2) is 0 Å².